The Hall–Kier alpha value is -4.46. The number of aliphatic carboxylic acids is 1. The number of urea groups is 1. The van der Waals surface area contributed by atoms with Crippen molar-refractivity contribution >= 4 is 23.7 Å². The van der Waals surface area contributed by atoms with Crippen LogP contribution in [0.5, 0.6) is 0 Å². The van der Waals surface area contributed by atoms with Crippen LogP contribution in [0.1, 0.15) is 28.3 Å². The molecule has 0 bridgehead atoms. The van der Waals surface area contributed by atoms with Crippen LogP contribution in [0.3, 0.4) is 0 Å². The third kappa shape index (κ3) is 4.52. The lowest BCUT2D eigenvalue weighted by Gasteiger charge is -2.43. The van der Waals surface area contributed by atoms with Gasteiger partial charge >= 0.3 is 12.0 Å². The van der Waals surface area contributed by atoms with Crippen molar-refractivity contribution < 1.29 is 19.5 Å². The molecule has 2 atom stereocenters. The number of amides is 3. The van der Waals surface area contributed by atoms with E-state index in [-0.39, 0.29) is 12.3 Å². The molecule has 0 aliphatic carbocycles. The van der Waals surface area contributed by atoms with Gasteiger partial charge in [0.1, 0.15) is 5.84 Å². The molecule has 1 saturated heterocycles. The van der Waals surface area contributed by atoms with Crippen LogP contribution in [0, 0.1) is 11.3 Å². The quantitative estimate of drug-likeness (QED) is 0.246. The van der Waals surface area contributed by atoms with Gasteiger partial charge in [-0.05, 0) is 29.2 Å². The van der Waals surface area contributed by atoms with Crippen molar-refractivity contribution in [3.05, 3.63) is 107 Å². The zero-order valence-electron chi connectivity index (χ0n) is 18.2. The van der Waals surface area contributed by atoms with Crippen LogP contribution in [-0.4, -0.2) is 39.8 Å². The summed E-state index contributed by atoms with van der Waals surface area (Å²) in [6.45, 7) is 0. The molecule has 0 aromatic heterocycles. The molecule has 172 valence electrons. The molecule has 1 aliphatic rings. The van der Waals surface area contributed by atoms with Crippen molar-refractivity contribution in [2.45, 2.75) is 18.5 Å². The van der Waals surface area contributed by atoms with Crippen molar-refractivity contribution in [2.24, 2.45) is 11.7 Å². The number of amidine groups is 1. The average molecular weight is 457 g/mol. The summed E-state index contributed by atoms with van der Waals surface area (Å²) in [5.74, 6) is -2.82. The number of nitrogens with two attached hydrogens (primary N) is 1. The van der Waals surface area contributed by atoms with Gasteiger partial charge in [-0.1, -0.05) is 78.9 Å². The predicted octanol–water partition coefficient (Wildman–Crippen LogP) is 2.92. The Kier molecular flexibility index (Phi) is 6.40. The normalized spacial score (nSPS) is 17.2. The maximum atomic E-state index is 13.1. The second-order valence-electron chi connectivity index (χ2n) is 8.12. The van der Waals surface area contributed by atoms with Gasteiger partial charge in [-0.2, -0.15) is 0 Å². The monoisotopic (exact) mass is 456 g/mol. The maximum absolute atomic E-state index is 13.1. The number of nitrogens with zero attached hydrogens (tertiary/aromatic N) is 1. The van der Waals surface area contributed by atoms with E-state index >= 15 is 0 Å². The molecule has 34 heavy (non-hydrogen) atoms. The number of likely N-dealkylation sites (tertiary alicyclic amines) is 1. The van der Waals surface area contributed by atoms with Crippen molar-refractivity contribution in [2.75, 3.05) is 0 Å². The minimum Gasteiger partial charge on any atom is -0.480 e. The number of carbonyl (C=O) groups is 3. The molecule has 5 N–H and O–H groups in total. The SMILES string of the molecule is N=C(N)c1cccc(CC2C(=O)N(C(=O)NC(c3ccccc3)c3ccccc3)C2C(=O)O)c1. The number of carboxylic acid groups (broad SMARTS) is 1. The highest BCUT2D eigenvalue weighted by atomic mass is 16.4. The van der Waals surface area contributed by atoms with Gasteiger partial charge in [-0.3, -0.25) is 10.2 Å². The van der Waals surface area contributed by atoms with E-state index in [9.17, 15) is 19.5 Å². The second kappa shape index (κ2) is 9.58. The average Bonchev–Trinajstić information content (AvgIpc) is 2.85. The zero-order chi connectivity index (χ0) is 24.2. The molecule has 0 saturated carbocycles. The molecule has 1 heterocycles. The number of nitrogen functional groups attached to an aromatic ring is 1. The largest absolute Gasteiger partial charge is 0.480 e. The summed E-state index contributed by atoms with van der Waals surface area (Å²) < 4.78 is 0. The van der Waals surface area contributed by atoms with Gasteiger partial charge in [0.25, 0.3) is 0 Å². The van der Waals surface area contributed by atoms with E-state index in [0.717, 1.165) is 16.0 Å². The Morgan fingerprint density at radius 2 is 1.56 bits per heavy atom. The summed E-state index contributed by atoms with van der Waals surface area (Å²) in [4.78, 5) is 38.9. The van der Waals surface area contributed by atoms with E-state index in [1.165, 1.54) is 0 Å². The summed E-state index contributed by atoms with van der Waals surface area (Å²) in [5.41, 5.74) is 8.29. The van der Waals surface area contributed by atoms with Gasteiger partial charge in [0.2, 0.25) is 5.91 Å². The Balaban J connectivity index is 1.55. The summed E-state index contributed by atoms with van der Waals surface area (Å²) in [7, 11) is 0. The molecular formula is C26H24N4O4. The highest BCUT2D eigenvalue weighted by molar-refractivity contribution is 6.07. The number of benzene rings is 3. The number of imide groups is 1. The summed E-state index contributed by atoms with van der Waals surface area (Å²) in [6.07, 6.45) is 0.126. The molecule has 3 aromatic rings. The number of β-lactam (4-membered cyclic amide) rings is 1. The molecule has 3 aromatic carbocycles. The maximum Gasteiger partial charge on any atom is 0.327 e. The van der Waals surface area contributed by atoms with Gasteiger partial charge in [-0.15, -0.1) is 0 Å². The lowest BCUT2D eigenvalue weighted by Crippen LogP contribution is -2.68. The van der Waals surface area contributed by atoms with E-state index in [2.05, 4.69) is 5.32 Å². The Bertz CT molecular complexity index is 1190. The van der Waals surface area contributed by atoms with E-state index < -0.39 is 35.9 Å². The number of hydrogen-bond acceptors (Lipinski definition) is 4. The standard InChI is InChI=1S/C26H24N4O4/c27-23(28)19-13-7-8-16(14-19)15-20-22(25(32)33)30(24(20)31)26(34)29-21(17-9-3-1-4-10-17)18-11-5-2-6-12-18/h1-14,20-22H,15H2,(H3,27,28)(H,29,34)(H,32,33). The van der Waals surface area contributed by atoms with Crippen LogP contribution >= 0.6 is 0 Å². The fraction of sp³-hybridized carbons (Fsp3) is 0.154. The lowest BCUT2D eigenvalue weighted by molar-refractivity contribution is -0.165. The molecule has 8 heteroatoms. The molecular weight excluding hydrogens is 432 g/mol. The Morgan fingerprint density at radius 1 is 0.971 bits per heavy atom. The van der Waals surface area contributed by atoms with Crippen LogP contribution in [0.2, 0.25) is 0 Å². The minimum absolute atomic E-state index is 0.120. The van der Waals surface area contributed by atoms with Crippen molar-refractivity contribution in [3.63, 3.8) is 0 Å². The number of rotatable bonds is 7. The van der Waals surface area contributed by atoms with Gasteiger partial charge < -0.3 is 16.2 Å². The molecule has 2 unspecified atom stereocenters. The van der Waals surface area contributed by atoms with Gasteiger partial charge in [0.15, 0.2) is 6.04 Å². The highest BCUT2D eigenvalue weighted by Gasteiger charge is 2.54. The Morgan fingerprint density at radius 3 is 2.09 bits per heavy atom. The molecule has 1 aliphatic heterocycles. The number of carboxylic acids is 1. The van der Waals surface area contributed by atoms with Gasteiger partial charge in [0.05, 0.1) is 12.0 Å². The van der Waals surface area contributed by atoms with Crippen LogP contribution in [0.4, 0.5) is 4.79 Å². The Labute approximate surface area is 196 Å². The lowest BCUT2D eigenvalue weighted by atomic mass is 9.82. The first-order chi connectivity index (χ1) is 16.4. The smallest absolute Gasteiger partial charge is 0.327 e. The molecule has 4 rings (SSSR count). The van der Waals surface area contributed by atoms with Crippen molar-refractivity contribution in [3.8, 4) is 0 Å². The first kappa shape index (κ1) is 22.7. The van der Waals surface area contributed by atoms with E-state index in [1.807, 2.05) is 60.7 Å². The molecule has 1 fully saturated rings. The third-order valence-corrected chi connectivity index (χ3v) is 5.91. The minimum atomic E-state index is -1.29. The summed E-state index contributed by atoms with van der Waals surface area (Å²) in [6, 6.07) is 22.7. The molecule has 0 spiro atoms. The van der Waals surface area contributed by atoms with Crippen LogP contribution in [0.15, 0.2) is 84.9 Å². The molecule has 3 amide bonds. The second-order valence-corrected chi connectivity index (χ2v) is 8.12. The zero-order valence-corrected chi connectivity index (χ0v) is 18.2. The van der Waals surface area contributed by atoms with E-state index in [1.54, 1.807) is 24.3 Å². The molecule has 0 radical (unpaired) electrons. The first-order valence-electron chi connectivity index (χ1n) is 10.8. The number of carbonyl (C=O) groups excluding carboxylic acids is 2. The number of hydrogen-bond donors (Lipinski definition) is 4. The molecule has 8 nitrogen and oxygen atoms in total. The van der Waals surface area contributed by atoms with Crippen LogP contribution < -0.4 is 11.1 Å². The van der Waals surface area contributed by atoms with Crippen LogP contribution in [-0.2, 0) is 16.0 Å². The van der Waals surface area contributed by atoms with Crippen molar-refractivity contribution in [1.29, 1.82) is 5.41 Å². The van der Waals surface area contributed by atoms with Gasteiger partial charge in [0, 0.05) is 5.56 Å². The summed E-state index contributed by atoms with van der Waals surface area (Å²) >= 11 is 0. The van der Waals surface area contributed by atoms with E-state index in [4.69, 9.17) is 11.1 Å². The van der Waals surface area contributed by atoms with Crippen molar-refractivity contribution in [1.82, 2.24) is 10.2 Å². The third-order valence-electron chi connectivity index (χ3n) is 5.91. The van der Waals surface area contributed by atoms with Gasteiger partial charge in [-0.25, -0.2) is 14.5 Å². The fourth-order valence-electron chi connectivity index (χ4n) is 4.22. The van der Waals surface area contributed by atoms with E-state index in [0.29, 0.717) is 11.1 Å². The summed E-state index contributed by atoms with van der Waals surface area (Å²) in [5, 5.41) is 20.2. The fourth-order valence-corrected chi connectivity index (χ4v) is 4.22. The number of nitrogens with one attached hydrogen (secondary N) is 2. The first-order valence-corrected chi connectivity index (χ1v) is 10.8. The van der Waals surface area contributed by atoms with Crippen LogP contribution in [0.25, 0.3) is 0 Å². The highest BCUT2D eigenvalue weighted by Crippen LogP contribution is 2.32. The predicted molar refractivity (Wildman–Crippen MR) is 126 cm³/mol. The topological polar surface area (TPSA) is 137 Å².